The van der Waals surface area contributed by atoms with Gasteiger partial charge in [0.2, 0.25) is 5.91 Å². The normalized spacial score (nSPS) is 11.8. The molecule has 0 atom stereocenters. The molecular weight excluding hydrogens is 256 g/mol. The Kier molecular flexibility index (Phi) is 4.43. The highest BCUT2D eigenvalue weighted by atomic mass is 16.5. The summed E-state index contributed by atoms with van der Waals surface area (Å²) in [6.45, 7) is 8.96. The third kappa shape index (κ3) is 4.57. The molecular formula is C15H22N2O3. The van der Waals surface area contributed by atoms with Crippen molar-refractivity contribution in [2.45, 2.75) is 45.8 Å². The molecule has 0 heterocycles. The van der Waals surface area contributed by atoms with Crippen LogP contribution in [0.3, 0.4) is 0 Å². The summed E-state index contributed by atoms with van der Waals surface area (Å²) in [5, 5.41) is 2.59. The van der Waals surface area contributed by atoms with Crippen LogP contribution in [0.15, 0.2) is 24.3 Å². The van der Waals surface area contributed by atoms with Crippen molar-refractivity contribution in [3.8, 4) is 5.75 Å². The summed E-state index contributed by atoms with van der Waals surface area (Å²) in [6.07, 6.45) is 0. The highest BCUT2D eigenvalue weighted by Gasteiger charge is 2.27. The number of primary amides is 1. The molecule has 3 N–H and O–H groups in total. The van der Waals surface area contributed by atoms with Gasteiger partial charge >= 0.3 is 0 Å². The van der Waals surface area contributed by atoms with Crippen LogP contribution in [0.4, 0.5) is 0 Å². The summed E-state index contributed by atoms with van der Waals surface area (Å²) in [4.78, 5) is 23.2. The standard InChI is InChI=1S/C15H22N2O3/c1-14(2,3)20-11-8-6-10(7-9-11)12(18)17-15(4,5)13(16)19/h6-9H,1-5H3,(H2,16,19)(H,17,18). The van der Waals surface area contributed by atoms with Crippen molar-refractivity contribution in [2.24, 2.45) is 5.73 Å². The third-order valence-electron chi connectivity index (χ3n) is 2.58. The molecule has 0 radical (unpaired) electrons. The molecule has 0 fully saturated rings. The molecule has 0 saturated carbocycles. The van der Waals surface area contributed by atoms with Gasteiger partial charge in [0.05, 0.1) is 0 Å². The predicted octanol–water partition coefficient (Wildman–Crippen LogP) is 1.86. The van der Waals surface area contributed by atoms with Gasteiger partial charge in [-0.1, -0.05) is 0 Å². The van der Waals surface area contributed by atoms with E-state index < -0.39 is 11.4 Å². The van der Waals surface area contributed by atoms with Gasteiger partial charge in [-0.3, -0.25) is 9.59 Å². The van der Waals surface area contributed by atoms with Gasteiger partial charge in [0, 0.05) is 5.56 Å². The predicted molar refractivity (Wildman–Crippen MR) is 77.6 cm³/mol. The van der Waals surface area contributed by atoms with Crippen molar-refractivity contribution in [1.29, 1.82) is 0 Å². The second kappa shape index (κ2) is 5.53. The number of ether oxygens (including phenoxy) is 1. The van der Waals surface area contributed by atoms with Gasteiger partial charge in [-0.15, -0.1) is 0 Å². The lowest BCUT2D eigenvalue weighted by Gasteiger charge is -2.23. The van der Waals surface area contributed by atoms with Gasteiger partial charge < -0.3 is 15.8 Å². The first-order valence-corrected chi connectivity index (χ1v) is 6.43. The fraction of sp³-hybridized carbons (Fsp3) is 0.467. The lowest BCUT2D eigenvalue weighted by Crippen LogP contribution is -2.52. The minimum absolute atomic E-state index is 0.294. The zero-order valence-corrected chi connectivity index (χ0v) is 12.6. The zero-order valence-electron chi connectivity index (χ0n) is 12.6. The van der Waals surface area contributed by atoms with E-state index in [2.05, 4.69) is 5.32 Å². The molecule has 110 valence electrons. The van der Waals surface area contributed by atoms with E-state index in [1.165, 1.54) is 0 Å². The molecule has 5 heteroatoms. The van der Waals surface area contributed by atoms with E-state index in [4.69, 9.17) is 10.5 Å². The highest BCUT2D eigenvalue weighted by Crippen LogP contribution is 2.18. The Balaban J connectivity index is 2.79. The number of carbonyl (C=O) groups excluding carboxylic acids is 2. The Morgan fingerprint density at radius 3 is 1.95 bits per heavy atom. The molecule has 1 aromatic carbocycles. The molecule has 2 amide bonds. The SMILES string of the molecule is CC(C)(C)Oc1ccc(C(=O)NC(C)(C)C(N)=O)cc1. The summed E-state index contributed by atoms with van der Waals surface area (Å²) >= 11 is 0. The van der Waals surface area contributed by atoms with Crippen LogP contribution in [0.2, 0.25) is 0 Å². The van der Waals surface area contributed by atoms with E-state index in [-0.39, 0.29) is 11.5 Å². The highest BCUT2D eigenvalue weighted by molar-refractivity contribution is 5.98. The van der Waals surface area contributed by atoms with Crippen molar-refractivity contribution < 1.29 is 14.3 Å². The fourth-order valence-electron chi connectivity index (χ4n) is 1.45. The van der Waals surface area contributed by atoms with Crippen LogP contribution >= 0.6 is 0 Å². The minimum atomic E-state index is -1.09. The molecule has 0 aromatic heterocycles. The Morgan fingerprint density at radius 2 is 1.55 bits per heavy atom. The largest absolute Gasteiger partial charge is 0.488 e. The third-order valence-corrected chi connectivity index (χ3v) is 2.58. The van der Waals surface area contributed by atoms with Crippen LogP contribution in [-0.2, 0) is 4.79 Å². The van der Waals surface area contributed by atoms with Gasteiger partial charge in [0.25, 0.3) is 5.91 Å². The minimum Gasteiger partial charge on any atom is -0.488 e. The Labute approximate surface area is 119 Å². The fourth-order valence-corrected chi connectivity index (χ4v) is 1.45. The second-order valence-corrected chi connectivity index (χ2v) is 6.18. The lowest BCUT2D eigenvalue weighted by molar-refractivity contribution is -0.122. The number of carbonyl (C=O) groups is 2. The number of rotatable bonds is 4. The van der Waals surface area contributed by atoms with E-state index in [1.807, 2.05) is 20.8 Å². The topological polar surface area (TPSA) is 81.4 Å². The molecule has 0 aliphatic rings. The monoisotopic (exact) mass is 278 g/mol. The number of nitrogens with two attached hydrogens (primary N) is 1. The molecule has 0 aliphatic heterocycles. The van der Waals surface area contributed by atoms with Crippen molar-refractivity contribution in [3.05, 3.63) is 29.8 Å². The van der Waals surface area contributed by atoms with Crippen LogP contribution in [0.5, 0.6) is 5.75 Å². The van der Waals surface area contributed by atoms with E-state index in [0.29, 0.717) is 11.3 Å². The average Bonchev–Trinajstić information content (AvgIpc) is 2.26. The molecule has 0 spiro atoms. The second-order valence-electron chi connectivity index (χ2n) is 6.18. The number of benzene rings is 1. The molecule has 0 aliphatic carbocycles. The first kappa shape index (κ1) is 16.0. The summed E-state index contributed by atoms with van der Waals surface area (Å²) < 4.78 is 5.67. The van der Waals surface area contributed by atoms with Gasteiger partial charge in [-0.2, -0.15) is 0 Å². The van der Waals surface area contributed by atoms with Crippen molar-refractivity contribution in [1.82, 2.24) is 5.32 Å². The van der Waals surface area contributed by atoms with Crippen LogP contribution in [0, 0.1) is 0 Å². The molecule has 1 rings (SSSR count). The van der Waals surface area contributed by atoms with Gasteiger partial charge in [0.1, 0.15) is 16.9 Å². The van der Waals surface area contributed by atoms with E-state index in [9.17, 15) is 9.59 Å². The van der Waals surface area contributed by atoms with E-state index in [1.54, 1.807) is 38.1 Å². The number of hydrogen-bond acceptors (Lipinski definition) is 3. The van der Waals surface area contributed by atoms with E-state index >= 15 is 0 Å². The van der Waals surface area contributed by atoms with Gasteiger partial charge in [-0.25, -0.2) is 0 Å². The maximum Gasteiger partial charge on any atom is 0.252 e. The van der Waals surface area contributed by atoms with Crippen molar-refractivity contribution >= 4 is 11.8 Å². The quantitative estimate of drug-likeness (QED) is 0.882. The molecule has 5 nitrogen and oxygen atoms in total. The number of hydrogen-bond donors (Lipinski definition) is 2. The maximum absolute atomic E-state index is 12.0. The molecule has 0 saturated heterocycles. The number of nitrogens with one attached hydrogen (secondary N) is 1. The van der Waals surface area contributed by atoms with Gasteiger partial charge in [0.15, 0.2) is 0 Å². The molecule has 0 bridgehead atoms. The Hall–Kier alpha value is -2.04. The molecule has 20 heavy (non-hydrogen) atoms. The van der Waals surface area contributed by atoms with Crippen LogP contribution in [0.1, 0.15) is 45.0 Å². The average molecular weight is 278 g/mol. The molecule has 1 aromatic rings. The van der Waals surface area contributed by atoms with E-state index in [0.717, 1.165) is 0 Å². The Bertz CT molecular complexity index is 499. The van der Waals surface area contributed by atoms with Crippen LogP contribution < -0.4 is 15.8 Å². The summed E-state index contributed by atoms with van der Waals surface area (Å²) in [7, 11) is 0. The maximum atomic E-state index is 12.0. The summed E-state index contributed by atoms with van der Waals surface area (Å²) in [5.41, 5.74) is 4.28. The Morgan fingerprint density at radius 1 is 1.05 bits per heavy atom. The van der Waals surface area contributed by atoms with Gasteiger partial charge in [-0.05, 0) is 58.9 Å². The summed E-state index contributed by atoms with van der Waals surface area (Å²) in [6, 6.07) is 6.73. The molecule has 0 unspecified atom stereocenters. The van der Waals surface area contributed by atoms with Crippen molar-refractivity contribution in [2.75, 3.05) is 0 Å². The first-order valence-electron chi connectivity index (χ1n) is 6.43. The van der Waals surface area contributed by atoms with Crippen molar-refractivity contribution in [3.63, 3.8) is 0 Å². The van der Waals surface area contributed by atoms with Crippen LogP contribution in [0.25, 0.3) is 0 Å². The first-order chi connectivity index (χ1) is 9.01. The summed E-state index contributed by atoms with van der Waals surface area (Å²) in [5.74, 6) is -0.252. The number of amides is 2. The zero-order chi connectivity index (χ0) is 15.6. The smallest absolute Gasteiger partial charge is 0.252 e. The van der Waals surface area contributed by atoms with Crippen LogP contribution in [-0.4, -0.2) is 23.0 Å². The lowest BCUT2D eigenvalue weighted by atomic mass is 10.0.